The molecule has 0 spiro atoms. The van der Waals surface area contributed by atoms with Crippen LogP contribution in [-0.2, 0) is 16.1 Å². The Morgan fingerprint density at radius 3 is 2.54 bits per heavy atom. The molecule has 0 aliphatic rings. The van der Waals surface area contributed by atoms with Gasteiger partial charge in [0.1, 0.15) is 17.5 Å². The number of hydrogen-bond acceptors (Lipinski definition) is 4. The first-order valence-corrected chi connectivity index (χ1v) is 7.61. The van der Waals surface area contributed by atoms with Crippen molar-refractivity contribution in [2.75, 3.05) is 6.54 Å². The van der Waals surface area contributed by atoms with Crippen LogP contribution in [0.1, 0.15) is 31.2 Å². The van der Waals surface area contributed by atoms with Gasteiger partial charge in [-0.05, 0) is 30.5 Å². The Morgan fingerprint density at radius 1 is 1.21 bits per heavy atom. The topological polar surface area (TPSA) is 102 Å². The molecular weight excluding hydrogens is 313 g/mol. The molecule has 0 bridgehead atoms. The summed E-state index contributed by atoms with van der Waals surface area (Å²) in [6.45, 7) is 0.753. The number of rotatable bonds is 10. The number of aliphatic carboxylic acids is 1. The smallest absolute Gasteiger partial charge is 0.303 e. The second-order valence-corrected chi connectivity index (χ2v) is 5.14. The molecule has 0 aliphatic carbocycles. The predicted octanol–water partition coefficient (Wildman–Crippen LogP) is 2.08. The number of carboxylic acid groups (broad SMARTS) is 1. The van der Waals surface area contributed by atoms with Crippen molar-refractivity contribution in [3.8, 4) is 6.07 Å². The number of carboxylic acids is 1. The van der Waals surface area contributed by atoms with E-state index in [9.17, 15) is 14.0 Å². The van der Waals surface area contributed by atoms with E-state index in [-0.39, 0.29) is 17.8 Å². The Balaban J connectivity index is 2.30. The molecule has 0 unspecified atom stereocenters. The Labute approximate surface area is 140 Å². The highest BCUT2D eigenvalue weighted by molar-refractivity contribution is 5.97. The van der Waals surface area contributed by atoms with E-state index in [2.05, 4.69) is 10.6 Å². The van der Waals surface area contributed by atoms with Crippen molar-refractivity contribution in [3.63, 3.8) is 0 Å². The summed E-state index contributed by atoms with van der Waals surface area (Å²) in [7, 11) is 0. The summed E-state index contributed by atoms with van der Waals surface area (Å²) in [5, 5.41) is 23.0. The predicted molar refractivity (Wildman–Crippen MR) is 86.0 cm³/mol. The number of amides is 1. The van der Waals surface area contributed by atoms with Crippen LogP contribution in [0.5, 0.6) is 0 Å². The lowest BCUT2D eigenvalue weighted by Crippen LogP contribution is -2.26. The maximum absolute atomic E-state index is 12.8. The van der Waals surface area contributed by atoms with Gasteiger partial charge in [-0.25, -0.2) is 4.39 Å². The van der Waals surface area contributed by atoms with Gasteiger partial charge in [-0.1, -0.05) is 18.6 Å². The van der Waals surface area contributed by atoms with Crippen LogP contribution in [0.2, 0.25) is 0 Å². The molecule has 3 N–H and O–H groups in total. The molecule has 0 saturated carbocycles. The van der Waals surface area contributed by atoms with E-state index in [1.807, 2.05) is 6.07 Å². The monoisotopic (exact) mass is 333 g/mol. The Kier molecular flexibility index (Phi) is 8.61. The molecule has 0 saturated heterocycles. The minimum Gasteiger partial charge on any atom is -0.481 e. The van der Waals surface area contributed by atoms with Gasteiger partial charge in [-0.15, -0.1) is 0 Å². The molecule has 6 nitrogen and oxygen atoms in total. The summed E-state index contributed by atoms with van der Waals surface area (Å²) >= 11 is 0. The van der Waals surface area contributed by atoms with Crippen molar-refractivity contribution in [1.82, 2.24) is 10.6 Å². The molecule has 128 valence electrons. The molecule has 0 heterocycles. The van der Waals surface area contributed by atoms with Crippen molar-refractivity contribution in [1.29, 1.82) is 5.26 Å². The van der Waals surface area contributed by atoms with Crippen LogP contribution in [0.15, 0.2) is 36.0 Å². The van der Waals surface area contributed by atoms with Gasteiger partial charge in [0.25, 0.3) is 5.91 Å². The lowest BCUT2D eigenvalue weighted by molar-refractivity contribution is -0.137. The summed E-state index contributed by atoms with van der Waals surface area (Å²) < 4.78 is 12.8. The molecule has 0 aromatic heterocycles. The molecular formula is C17H20FN3O3. The van der Waals surface area contributed by atoms with Gasteiger partial charge in [0.2, 0.25) is 0 Å². The average molecular weight is 333 g/mol. The van der Waals surface area contributed by atoms with Crippen molar-refractivity contribution < 1.29 is 19.1 Å². The molecule has 1 aromatic rings. The van der Waals surface area contributed by atoms with Crippen LogP contribution in [0.3, 0.4) is 0 Å². The fraction of sp³-hybridized carbons (Fsp3) is 0.353. The third kappa shape index (κ3) is 7.94. The van der Waals surface area contributed by atoms with E-state index in [0.717, 1.165) is 5.56 Å². The lowest BCUT2D eigenvalue weighted by atomic mass is 10.2. The molecule has 1 rings (SSSR count). The van der Waals surface area contributed by atoms with Crippen molar-refractivity contribution in [2.45, 2.75) is 32.2 Å². The fourth-order valence-electron chi connectivity index (χ4n) is 1.90. The minimum absolute atomic E-state index is 0.0531. The zero-order valence-corrected chi connectivity index (χ0v) is 13.2. The van der Waals surface area contributed by atoms with Crippen LogP contribution in [-0.4, -0.2) is 23.5 Å². The van der Waals surface area contributed by atoms with Crippen molar-refractivity contribution in [3.05, 3.63) is 47.4 Å². The van der Waals surface area contributed by atoms with Crippen LogP contribution in [0.25, 0.3) is 0 Å². The summed E-state index contributed by atoms with van der Waals surface area (Å²) in [6, 6.07) is 7.71. The number of nitrogens with one attached hydrogen (secondary N) is 2. The number of unbranched alkanes of at least 4 members (excludes halogenated alkanes) is 2. The highest BCUT2D eigenvalue weighted by Gasteiger charge is 2.07. The van der Waals surface area contributed by atoms with Crippen LogP contribution >= 0.6 is 0 Å². The van der Waals surface area contributed by atoms with Gasteiger partial charge in [-0.2, -0.15) is 5.26 Å². The number of halogens is 1. The Morgan fingerprint density at radius 2 is 1.92 bits per heavy atom. The van der Waals surface area contributed by atoms with Crippen LogP contribution in [0.4, 0.5) is 4.39 Å². The molecule has 1 amide bonds. The number of nitriles is 1. The Hall–Kier alpha value is -2.88. The first-order valence-electron chi connectivity index (χ1n) is 7.61. The molecule has 0 fully saturated rings. The maximum atomic E-state index is 12.8. The van der Waals surface area contributed by atoms with E-state index in [1.54, 1.807) is 12.1 Å². The zero-order valence-electron chi connectivity index (χ0n) is 13.2. The SMILES string of the molecule is N#C/C(=C/NCc1ccc(F)cc1)C(=O)NCCCCCC(=O)O. The van der Waals surface area contributed by atoms with Gasteiger partial charge < -0.3 is 15.7 Å². The van der Waals surface area contributed by atoms with Gasteiger partial charge in [0, 0.05) is 25.7 Å². The molecule has 0 radical (unpaired) electrons. The highest BCUT2D eigenvalue weighted by atomic mass is 19.1. The molecule has 7 heteroatoms. The maximum Gasteiger partial charge on any atom is 0.303 e. The lowest BCUT2D eigenvalue weighted by Gasteiger charge is -2.05. The second kappa shape index (κ2) is 10.8. The van der Waals surface area contributed by atoms with E-state index in [4.69, 9.17) is 10.4 Å². The van der Waals surface area contributed by atoms with Crippen molar-refractivity contribution in [2.24, 2.45) is 0 Å². The number of carbonyl (C=O) groups is 2. The van der Waals surface area contributed by atoms with E-state index < -0.39 is 11.9 Å². The summed E-state index contributed by atoms with van der Waals surface area (Å²) in [4.78, 5) is 22.2. The highest BCUT2D eigenvalue weighted by Crippen LogP contribution is 2.03. The van der Waals surface area contributed by atoms with E-state index in [0.29, 0.717) is 32.4 Å². The van der Waals surface area contributed by atoms with E-state index >= 15 is 0 Å². The molecule has 0 atom stereocenters. The van der Waals surface area contributed by atoms with Gasteiger partial charge in [-0.3, -0.25) is 9.59 Å². The first kappa shape index (κ1) is 19.2. The number of hydrogen-bond donors (Lipinski definition) is 3. The minimum atomic E-state index is -0.832. The Bertz CT molecular complexity index is 621. The molecule has 24 heavy (non-hydrogen) atoms. The summed E-state index contributed by atoms with van der Waals surface area (Å²) in [6.07, 6.45) is 3.35. The normalized spacial score (nSPS) is 10.8. The first-order chi connectivity index (χ1) is 11.5. The summed E-state index contributed by atoms with van der Waals surface area (Å²) in [5.41, 5.74) is 0.770. The van der Waals surface area contributed by atoms with E-state index in [1.165, 1.54) is 18.3 Å². The average Bonchev–Trinajstić information content (AvgIpc) is 2.56. The van der Waals surface area contributed by atoms with Gasteiger partial charge in [0.05, 0.1) is 0 Å². The van der Waals surface area contributed by atoms with Crippen molar-refractivity contribution >= 4 is 11.9 Å². The largest absolute Gasteiger partial charge is 0.481 e. The fourth-order valence-corrected chi connectivity index (χ4v) is 1.90. The number of nitrogens with zero attached hydrogens (tertiary/aromatic N) is 1. The standard InChI is InChI=1S/C17H20FN3O3/c18-15-7-5-13(6-8-15)11-20-12-14(10-19)17(24)21-9-3-1-2-4-16(22)23/h5-8,12,20H,1-4,9,11H2,(H,21,24)(H,22,23)/b14-12-. The second-order valence-electron chi connectivity index (χ2n) is 5.14. The number of carbonyl (C=O) groups excluding carboxylic acids is 1. The van der Waals surface area contributed by atoms with Crippen LogP contribution in [0, 0.1) is 17.1 Å². The quantitative estimate of drug-likeness (QED) is 0.346. The van der Waals surface area contributed by atoms with Gasteiger partial charge >= 0.3 is 5.97 Å². The van der Waals surface area contributed by atoms with Gasteiger partial charge in [0.15, 0.2) is 0 Å². The summed E-state index contributed by atoms with van der Waals surface area (Å²) in [5.74, 6) is -1.64. The number of benzene rings is 1. The third-order valence-electron chi connectivity index (χ3n) is 3.18. The van der Waals surface area contributed by atoms with Crippen LogP contribution < -0.4 is 10.6 Å². The molecule has 1 aromatic carbocycles. The molecule has 0 aliphatic heterocycles. The zero-order chi connectivity index (χ0) is 17.8. The third-order valence-corrected chi connectivity index (χ3v) is 3.18.